The number of morpholine rings is 1. The molecule has 1 atom stereocenters. The number of sulfone groups is 1. The second kappa shape index (κ2) is 9.05. The quantitative estimate of drug-likeness (QED) is 0.680. The molecule has 2 aliphatic rings. The van der Waals surface area contributed by atoms with E-state index in [1.807, 2.05) is 13.1 Å². The number of nitrogens with one attached hydrogen (secondary N) is 2. The second-order valence-electron chi connectivity index (χ2n) is 8.61. The van der Waals surface area contributed by atoms with Crippen LogP contribution in [0.15, 0.2) is 6.20 Å². The standard InChI is InChI=1S/C20H32N6O3S/c1-3-10-30(27,28)13-15-4-6-16(7-5-15)22-20-21-11-17-18(23-20)24-25-19(17)26-8-9-29-14(2)12-26/h11,14-16H,3-10,12-13H2,1-2H3,(H2,21,22,23,24,25)/t14-,15?,16?/m0/s1. The van der Waals surface area contributed by atoms with Gasteiger partial charge in [0.2, 0.25) is 5.95 Å². The SMILES string of the molecule is CCCS(=O)(=O)CC1CCC(Nc2ncc3c(N4CCO[C@@H](C)C4)n[nH]c3n2)CC1. The zero-order valence-electron chi connectivity index (χ0n) is 17.8. The summed E-state index contributed by atoms with van der Waals surface area (Å²) in [6.07, 6.45) is 6.42. The van der Waals surface area contributed by atoms with Crippen LogP contribution in [-0.2, 0) is 14.6 Å². The van der Waals surface area contributed by atoms with E-state index in [1.54, 1.807) is 0 Å². The third kappa shape index (κ3) is 5.03. The van der Waals surface area contributed by atoms with E-state index >= 15 is 0 Å². The van der Waals surface area contributed by atoms with E-state index in [2.05, 4.69) is 37.3 Å². The third-order valence-corrected chi connectivity index (χ3v) is 8.03. The Morgan fingerprint density at radius 2 is 2.10 bits per heavy atom. The highest BCUT2D eigenvalue weighted by Gasteiger charge is 2.26. The molecule has 1 saturated heterocycles. The first kappa shape index (κ1) is 21.3. The largest absolute Gasteiger partial charge is 0.375 e. The number of rotatable bonds is 7. The van der Waals surface area contributed by atoms with Crippen molar-refractivity contribution in [2.45, 2.75) is 58.1 Å². The number of ether oxygens (including phenoxy) is 1. The molecule has 2 aromatic rings. The minimum absolute atomic E-state index is 0.180. The van der Waals surface area contributed by atoms with Crippen molar-refractivity contribution in [2.24, 2.45) is 5.92 Å². The number of nitrogens with zero attached hydrogens (tertiary/aromatic N) is 4. The molecule has 0 spiro atoms. The van der Waals surface area contributed by atoms with Crippen molar-refractivity contribution in [3.05, 3.63) is 6.20 Å². The lowest BCUT2D eigenvalue weighted by atomic mass is 9.87. The van der Waals surface area contributed by atoms with E-state index in [-0.39, 0.29) is 18.1 Å². The summed E-state index contributed by atoms with van der Waals surface area (Å²) in [6, 6.07) is 0.273. The van der Waals surface area contributed by atoms with Crippen LogP contribution >= 0.6 is 0 Å². The number of aromatic amines is 1. The third-order valence-electron chi connectivity index (χ3n) is 6.02. The lowest BCUT2D eigenvalue weighted by Crippen LogP contribution is -2.41. The summed E-state index contributed by atoms with van der Waals surface area (Å²) in [5, 5.41) is 11.8. The Morgan fingerprint density at radius 3 is 2.83 bits per heavy atom. The number of anilines is 2. The van der Waals surface area contributed by atoms with Crippen LogP contribution in [0.5, 0.6) is 0 Å². The van der Waals surface area contributed by atoms with Crippen LogP contribution in [0.3, 0.4) is 0 Å². The maximum absolute atomic E-state index is 12.1. The van der Waals surface area contributed by atoms with E-state index in [0.29, 0.717) is 30.5 Å². The van der Waals surface area contributed by atoms with Gasteiger partial charge in [-0.05, 0) is 44.9 Å². The van der Waals surface area contributed by atoms with Gasteiger partial charge in [0.1, 0.15) is 0 Å². The number of hydrogen-bond donors (Lipinski definition) is 2. The van der Waals surface area contributed by atoms with E-state index in [9.17, 15) is 8.42 Å². The van der Waals surface area contributed by atoms with Gasteiger partial charge in [0, 0.05) is 31.1 Å². The summed E-state index contributed by atoms with van der Waals surface area (Å²) < 4.78 is 29.8. The van der Waals surface area contributed by atoms with Crippen molar-refractivity contribution in [2.75, 3.05) is 41.4 Å². The van der Waals surface area contributed by atoms with Gasteiger partial charge >= 0.3 is 0 Å². The molecule has 10 heteroatoms. The first-order valence-corrected chi connectivity index (χ1v) is 12.8. The number of hydrogen-bond acceptors (Lipinski definition) is 8. The van der Waals surface area contributed by atoms with Crippen LogP contribution in [-0.4, -0.2) is 71.9 Å². The summed E-state index contributed by atoms with van der Waals surface area (Å²) in [4.78, 5) is 11.3. The molecule has 1 aliphatic carbocycles. The van der Waals surface area contributed by atoms with E-state index in [0.717, 1.165) is 55.6 Å². The minimum atomic E-state index is -2.91. The van der Waals surface area contributed by atoms with Crippen molar-refractivity contribution in [3.8, 4) is 0 Å². The zero-order chi connectivity index (χ0) is 21.1. The molecule has 2 aromatic heterocycles. The van der Waals surface area contributed by atoms with Gasteiger partial charge in [-0.3, -0.25) is 5.10 Å². The average Bonchev–Trinajstić information content (AvgIpc) is 3.12. The summed E-state index contributed by atoms with van der Waals surface area (Å²) in [7, 11) is -2.91. The molecule has 0 bridgehead atoms. The molecule has 2 N–H and O–H groups in total. The Bertz CT molecular complexity index is 955. The molecule has 1 aliphatic heterocycles. The fourth-order valence-electron chi connectivity index (χ4n) is 4.53. The van der Waals surface area contributed by atoms with Crippen molar-refractivity contribution in [1.82, 2.24) is 20.2 Å². The Balaban J connectivity index is 1.35. The molecule has 30 heavy (non-hydrogen) atoms. The van der Waals surface area contributed by atoms with E-state index in [1.165, 1.54) is 0 Å². The van der Waals surface area contributed by atoms with Gasteiger partial charge in [-0.15, -0.1) is 0 Å². The van der Waals surface area contributed by atoms with Crippen LogP contribution in [0, 0.1) is 5.92 Å². The molecule has 4 rings (SSSR count). The van der Waals surface area contributed by atoms with Gasteiger partial charge in [-0.25, -0.2) is 13.4 Å². The fourth-order valence-corrected chi connectivity index (χ4v) is 6.37. The Morgan fingerprint density at radius 1 is 1.30 bits per heavy atom. The lowest BCUT2D eigenvalue weighted by molar-refractivity contribution is 0.0530. The Labute approximate surface area is 177 Å². The number of aromatic nitrogens is 4. The summed E-state index contributed by atoms with van der Waals surface area (Å²) in [5.41, 5.74) is 0.723. The molecule has 2 fully saturated rings. The summed E-state index contributed by atoms with van der Waals surface area (Å²) in [5.74, 6) is 2.37. The average molecular weight is 437 g/mol. The van der Waals surface area contributed by atoms with Crippen molar-refractivity contribution < 1.29 is 13.2 Å². The van der Waals surface area contributed by atoms with Crippen molar-refractivity contribution in [3.63, 3.8) is 0 Å². The molecule has 0 aromatic carbocycles. The highest BCUT2D eigenvalue weighted by molar-refractivity contribution is 7.91. The van der Waals surface area contributed by atoms with E-state index in [4.69, 9.17) is 4.74 Å². The van der Waals surface area contributed by atoms with Crippen molar-refractivity contribution in [1.29, 1.82) is 0 Å². The van der Waals surface area contributed by atoms with Gasteiger partial charge < -0.3 is 15.0 Å². The maximum atomic E-state index is 12.1. The van der Waals surface area contributed by atoms with Gasteiger partial charge in [-0.2, -0.15) is 10.1 Å². The van der Waals surface area contributed by atoms with Crippen LogP contribution in [0.2, 0.25) is 0 Å². The maximum Gasteiger partial charge on any atom is 0.224 e. The molecule has 3 heterocycles. The molecule has 9 nitrogen and oxygen atoms in total. The highest BCUT2D eigenvalue weighted by atomic mass is 32.2. The van der Waals surface area contributed by atoms with Crippen LogP contribution in [0.25, 0.3) is 11.0 Å². The van der Waals surface area contributed by atoms with Gasteiger partial charge in [-0.1, -0.05) is 6.92 Å². The molecule has 0 unspecified atom stereocenters. The van der Waals surface area contributed by atoms with Gasteiger partial charge in [0.05, 0.1) is 23.8 Å². The fraction of sp³-hybridized carbons (Fsp3) is 0.750. The van der Waals surface area contributed by atoms with Gasteiger partial charge in [0.15, 0.2) is 21.3 Å². The van der Waals surface area contributed by atoms with E-state index < -0.39 is 9.84 Å². The first-order chi connectivity index (χ1) is 14.4. The molecule has 1 saturated carbocycles. The van der Waals surface area contributed by atoms with Crippen LogP contribution < -0.4 is 10.2 Å². The molecule has 0 radical (unpaired) electrons. The minimum Gasteiger partial charge on any atom is -0.375 e. The smallest absolute Gasteiger partial charge is 0.224 e. The predicted octanol–water partition coefficient (Wildman–Crippen LogP) is 2.37. The molecular weight excluding hydrogens is 404 g/mol. The molecule has 0 amide bonds. The highest BCUT2D eigenvalue weighted by Crippen LogP contribution is 2.29. The first-order valence-electron chi connectivity index (χ1n) is 11.0. The molecule has 166 valence electrons. The van der Waals surface area contributed by atoms with Crippen molar-refractivity contribution >= 4 is 32.6 Å². The normalized spacial score (nSPS) is 25.5. The Hall–Kier alpha value is -1.94. The second-order valence-corrected chi connectivity index (χ2v) is 10.8. The van der Waals surface area contributed by atoms with Crippen LogP contribution in [0.1, 0.15) is 46.0 Å². The van der Waals surface area contributed by atoms with Gasteiger partial charge in [0.25, 0.3) is 0 Å². The molecular formula is C20H32N6O3S. The summed E-state index contributed by atoms with van der Waals surface area (Å²) >= 11 is 0. The zero-order valence-corrected chi connectivity index (χ0v) is 18.6. The Kier molecular flexibility index (Phi) is 6.43. The summed E-state index contributed by atoms with van der Waals surface area (Å²) in [6.45, 7) is 6.28. The predicted molar refractivity (Wildman–Crippen MR) is 118 cm³/mol. The topological polar surface area (TPSA) is 113 Å². The lowest BCUT2D eigenvalue weighted by Gasteiger charge is -2.31. The number of fused-ring (bicyclic) bond motifs is 1. The number of H-pyrrole nitrogens is 1. The monoisotopic (exact) mass is 436 g/mol. The van der Waals surface area contributed by atoms with Crippen LogP contribution in [0.4, 0.5) is 11.8 Å².